The normalized spacial score (nSPS) is 10.0. The smallest absolute Gasteiger partial charge is 0.229 e. The van der Waals surface area contributed by atoms with Crippen LogP contribution in [0.4, 0.5) is 23.1 Å². The summed E-state index contributed by atoms with van der Waals surface area (Å²) < 4.78 is 0. The van der Waals surface area contributed by atoms with Crippen molar-refractivity contribution in [1.82, 2.24) is 9.97 Å². The van der Waals surface area contributed by atoms with Gasteiger partial charge in [0.1, 0.15) is 5.82 Å². The molecule has 0 aliphatic rings. The molecule has 0 amide bonds. The average Bonchev–Trinajstić information content (AvgIpc) is 2.56. The largest absolute Gasteiger partial charge is 0.340 e. The number of nitrogens with one attached hydrogen (secondary N) is 2. The molecule has 0 radical (unpaired) electrons. The van der Waals surface area contributed by atoms with Crippen LogP contribution < -0.4 is 10.6 Å². The van der Waals surface area contributed by atoms with Crippen molar-refractivity contribution in [1.29, 1.82) is 5.26 Å². The van der Waals surface area contributed by atoms with Gasteiger partial charge in [0.2, 0.25) is 5.95 Å². The van der Waals surface area contributed by atoms with Crippen LogP contribution in [-0.4, -0.2) is 9.97 Å². The Morgan fingerprint density at radius 1 is 0.917 bits per heavy atom. The Kier molecular flexibility index (Phi) is 4.39. The van der Waals surface area contributed by atoms with E-state index in [4.69, 9.17) is 5.26 Å². The number of aryl methyl sites for hydroxylation is 2. The molecular weight excluding hydrogens is 298 g/mol. The third kappa shape index (κ3) is 3.68. The van der Waals surface area contributed by atoms with Crippen molar-refractivity contribution in [2.24, 2.45) is 0 Å². The number of hydrogen-bond acceptors (Lipinski definition) is 5. The number of anilines is 4. The molecule has 118 valence electrons. The van der Waals surface area contributed by atoms with Crippen LogP contribution in [0.1, 0.15) is 16.8 Å². The summed E-state index contributed by atoms with van der Waals surface area (Å²) >= 11 is 0. The van der Waals surface area contributed by atoms with Gasteiger partial charge in [-0.15, -0.1) is 0 Å². The van der Waals surface area contributed by atoms with Crippen LogP contribution in [0.15, 0.2) is 54.6 Å². The average molecular weight is 315 g/mol. The second kappa shape index (κ2) is 6.80. The molecule has 0 spiro atoms. The first-order valence-electron chi connectivity index (χ1n) is 7.59. The van der Waals surface area contributed by atoms with E-state index in [1.54, 1.807) is 12.1 Å². The summed E-state index contributed by atoms with van der Waals surface area (Å²) in [6.45, 7) is 3.96. The van der Waals surface area contributed by atoms with Crippen molar-refractivity contribution >= 4 is 23.1 Å². The predicted molar refractivity (Wildman–Crippen MR) is 95.7 cm³/mol. The molecule has 24 heavy (non-hydrogen) atoms. The molecule has 0 bridgehead atoms. The predicted octanol–water partition coefficient (Wildman–Crippen LogP) is 4.45. The second-order valence-corrected chi connectivity index (χ2v) is 5.48. The van der Waals surface area contributed by atoms with Crippen LogP contribution in [0.3, 0.4) is 0 Å². The Hall–Kier alpha value is -3.39. The highest BCUT2D eigenvalue weighted by molar-refractivity contribution is 5.63. The van der Waals surface area contributed by atoms with Crippen molar-refractivity contribution in [3.8, 4) is 6.07 Å². The Morgan fingerprint density at radius 2 is 1.75 bits per heavy atom. The first-order valence-corrected chi connectivity index (χ1v) is 7.59. The van der Waals surface area contributed by atoms with Crippen molar-refractivity contribution in [2.75, 3.05) is 10.6 Å². The maximum Gasteiger partial charge on any atom is 0.229 e. The lowest BCUT2D eigenvalue weighted by molar-refractivity contribution is 1.11. The number of benzene rings is 2. The van der Waals surface area contributed by atoms with E-state index in [2.05, 4.69) is 26.7 Å². The molecule has 3 rings (SSSR count). The molecule has 0 fully saturated rings. The van der Waals surface area contributed by atoms with E-state index in [9.17, 15) is 0 Å². The molecule has 0 saturated carbocycles. The van der Waals surface area contributed by atoms with Gasteiger partial charge in [-0.2, -0.15) is 10.2 Å². The minimum atomic E-state index is 0.487. The summed E-state index contributed by atoms with van der Waals surface area (Å²) in [5.41, 5.74) is 4.37. The number of rotatable bonds is 4. The number of hydrogen-bond donors (Lipinski definition) is 2. The number of aromatic nitrogens is 2. The van der Waals surface area contributed by atoms with Gasteiger partial charge in [0.25, 0.3) is 0 Å². The van der Waals surface area contributed by atoms with Crippen LogP contribution in [-0.2, 0) is 0 Å². The van der Waals surface area contributed by atoms with Gasteiger partial charge in [-0.05, 0) is 43.7 Å². The molecule has 2 aromatic carbocycles. The molecule has 0 aliphatic heterocycles. The lowest BCUT2D eigenvalue weighted by atomic mass is 10.2. The van der Waals surface area contributed by atoms with Gasteiger partial charge in [-0.25, -0.2) is 4.98 Å². The third-order valence-electron chi connectivity index (χ3n) is 3.51. The van der Waals surface area contributed by atoms with Gasteiger partial charge >= 0.3 is 0 Å². The van der Waals surface area contributed by atoms with E-state index in [0.717, 1.165) is 28.5 Å². The molecule has 5 nitrogen and oxygen atoms in total. The number of nitrogens with zero attached hydrogens (tertiary/aromatic N) is 3. The van der Waals surface area contributed by atoms with Gasteiger partial charge < -0.3 is 10.6 Å². The second-order valence-electron chi connectivity index (χ2n) is 5.48. The molecule has 5 heteroatoms. The van der Waals surface area contributed by atoms with E-state index in [0.29, 0.717) is 11.5 Å². The monoisotopic (exact) mass is 315 g/mol. The SMILES string of the molecule is Cc1cc(Nc2ccccc2C)nc(Nc2cccc(C#N)c2)n1. The highest BCUT2D eigenvalue weighted by Crippen LogP contribution is 2.21. The summed E-state index contributed by atoms with van der Waals surface area (Å²) in [5, 5.41) is 15.5. The van der Waals surface area contributed by atoms with Crippen molar-refractivity contribution < 1.29 is 0 Å². The maximum atomic E-state index is 8.99. The van der Waals surface area contributed by atoms with E-state index in [1.807, 2.05) is 56.3 Å². The zero-order chi connectivity index (χ0) is 16.9. The zero-order valence-corrected chi connectivity index (χ0v) is 13.5. The summed E-state index contributed by atoms with van der Waals surface area (Å²) in [5.74, 6) is 1.21. The fraction of sp³-hybridized carbons (Fsp3) is 0.105. The molecule has 1 aromatic heterocycles. The molecular formula is C19H17N5. The van der Waals surface area contributed by atoms with Crippen molar-refractivity contribution in [3.05, 3.63) is 71.4 Å². The van der Waals surface area contributed by atoms with Crippen LogP contribution >= 0.6 is 0 Å². The lowest BCUT2D eigenvalue weighted by Gasteiger charge is -2.11. The minimum absolute atomic E-state index is 0.487. The Balaban J connectivity index is 1.86. The Labute approximate surface area is 141 Å². The van der Waals surface area contributed by atoms with E-state index in [1.165, 1.54) is 0 Å². The maximum absolute atomic E-state index is 8.99. The molecule has 1 heterocycles. The highest BCUT2D eigenvalue weighted by Gasteiger charge is 2.05. The summed E-state index contributed by atoms with van der Waals surface area (Å²) in [7, 11) is 0. The van der Waals surface area contributed by atoms with Crippen molar-refractivity contribution in [3.63, 3.8) is 0 Å². The molecule has 3 aromatic rings. The number of para-hydroxylation sites is 1. The van der Waals surface area contributed by atoms with Crippen LogP contribution in [0, 0.1) is 25.2 Å². The van der Waals surface area contributed by atoms with E-state index < -0.39 is 0 Å². The van der Waals surface area contributed by atoms with Gasteiger partial charge in [-0.3, -0.25) is 0 Å². The van der Waals surface area contributed by atoms with E-state index >= 15 is 0 Å². The van der Waals surface area contributed by atoms with Crippen LogP contribution in [0.25, 0.3) is 0 Å². The van der Waals surface area contributed by atoms with Crippen LogP contribution in [0.5, 0.6) is 0 Å². The summed E-state index contributed by atoms with van der Waals surface area (Å²) in [6.07, 6.45) is 0. The first kappa shape index (κ1) is 15.5. The first-order chi connectivity index (χ1) is 11.6. The fourth-order valence-electron chi connectivity index (χ4n) is 2.34. The summed E-state index contributed by atoms with van der Waals surface area (Å²) in [6, 6.07) is 19.3. The molecule has 0 saturated heterocycles. The van der Waals surface area contributed by atoms with Gasteiger partial charge in [-0.1, -0.05) is 24.3 Å². The van der Waals surface area contributed by atoms with Gasteiger partial charge in [0.05, 0.1) is 11.6 Å². The van der Waals surface area contributed by atoms with Gasteiger partial charge in [0.15, 0.2) is 0 Å². The molecule has 0 aliphatic carbocycles. The zero-order valence-electron chi connectivity index (χ0n) is 13.5. The highest BCUT2D eigenvalue weighted by atomic mass is 15.1. The Morgan fingerprint density at radius 3 is 2.54 bits per heavy atom. The third-order valence-corrected chi connectivity index (χ3v) is 3.51. The molecule has 2 N–H and O–H groups in total. The molecule has 0 atom stereocenters. The Bertz CT molecular complexity index is 912. The quantitative estimate of drug-likeness (QED) is 0.744. The van der Waals surface area contributed by atoms with Crippen LogP contribution in [0.2, 0.25) is 0 Å². The van der Waals surface area contributed by atoms with Gasteiger partial charge in [0, 0.05) is 23.1 Å². The fourth-order valence-corrected chi connectivity index (χ4v) is 2.34. The number of nitriles is 1. The lowest BCUT2D eigenvalue weighted by Crippen LogP contribution is -2.03. The molecule has 0 unspecified atom stereocenters. The van der Waals surface area contributed by atoms with Crippen molar-refractivity contribution in [2.45, 2.75) is 13.8 Å². The standard InChI is InChI=1S/C19H17N5/c1-13-6-3-4-9-17(13)23-18-10-14(2)21-19(24-18)22-16-8-5-7-15(11-16)12-20/h3-11H,1-2H3,(H2,21,22,23,24). The van der Waals surface area contributed by atoms with E-state index in [-0.39, 0.29) is 0 Å². The topological polar surface area (TPSA) is 73.6 Å². The minimum Gasteiger partial charge on any atom is -0.340 e. The summed E-state index contributed by atoms with van der Waals surface area (Å²) in [4.78, 5) is 8.91.